The minimum Gasteiger partial charge on any atom is -0.392 e. The normalized spacial score (nSPS) is 24.8. The highest BCUT2D eigenvalue weighted by molar-refractivity contribution is 9.10. The summed E-state index contributed by atoms with van der Waals surface area (Å²) in [6.45, 7) is 4.42. The van der Waals surface area contributed by atoms with Gasteiger partial charge in [-0.25, -0.2) is 0 Å². The predicted molar refractivity (Wildman–Crippen MR) is 75.8 cm³/mol. The van der Waals surface area contributed by atoms with Gasteiger partial charge >= 0.3 is 0 Å². The maximum absolute atomic E-state index is 11.0. The van der Waals surface area contributed by atoms with E-state index in [0.29, 0.717) is 23.0 Å². The van der Waals surface area contributed by atoms with Crippen molar-refractivity contribution in [3.63, 3.8) is 0 Å². The van der Waals surface area contributed by atoms with Crippen LogP contribution >= 0.6 is 15.9 Å². The highest BCUT2D eigenvalue weighted by Crippen LogP contribution is 2.40. The zero-order valence-corrected chi connectivity index (χ0v) is 12.5. The lowest BCUT2D eigenvalue weighted by atomic mass is 9.64. The molecule has 6 heteroatoms. The number of hydrogen-bond acceptors (Lipinski definition) is 4. The molecule has 1 saturated carbocycles. The van der Waals surface area contributed by atoms with Crippen molar-refractivity contribution < 1.29 is 10.0 Å². The molecule has 2 rings (SSSR count). The molecule has 0 radical (unpaired) electrons. The largest absolute Gasteiger partial charge is 0.392 e. The molecule has 0 aromatic heterocycles. The van der Waals surface area contributed by atoms with E-state index in [1.807, 2.05) is 13.8 Å². The Hall–Kier alpha value is -0.980. The molecule has 0 spiro atoms. The Balaban J connectivity index is 2.06. The fourth-order valence-electron chi connectivity index (χ4n) is 2.34. The zero-order valence-electron chi connectivity index (χ0n) is 10.9. The number of nitrogens with zero attached hydrogens (tertiary/aromatic N) is 1. The van der Waals surface area contributed by atoms with E-state index in [1.54, 1.807) is 12.1 Å². The molecule has 0 saturated heterocycles. The number of nitro benzene ring substituents is 1. The number of benzene rings is 1. The second-order valence-corrected chi connectivity index (χ2v) is 6.45. The van der Waals surface area contributed by atoms with E-state index < -0.39 is 0 Å². The fraction of sp³-hybridized carbons (Fsp3) is 0.538. The van der Waals surface area contributed by atoms with Crippen molar-refractivity contribution in [1.29, 1.82) is 0 Å². The van der Waals surface area contributed by atoms with Gasteiger partial charge in [-0.15, -0.1) is 0 Å². The third kappa shape index (κ3) is 2.80. The number of halogens is 1. The number of aliphatic hydroxyl groups excluding tert-OH is 1. The maximum Gasteiger partial charge on any atom is 0.275 e. The van der Waals surface area contributed by atoms with Crippen LogP contribution in [-0.4, -0.2) is 22.2 Å². The van der Waals surface area contributed by atoms with Crippen LogP contribution in [-0.2, 0) is 6.54 Å². The maximum atomic E-state index is 11.0. The Labute approximate surface area is 120 Å². The van der Waals surface area contributed by atoms with E-state index in [9.17, 15) is 15.2 Å². The summed E-state index contributed by atoms with van der Waals surface area (Å²) in [5.41, 5.74) is 0.592. The molecule has 1 aliphatic carbocycles. The number of rotatable bonds is 4. The Kier molecular flexibility index (Phi) is 3.94. The molecule has 1 aromatic rings. The first-order valence-corrected chi connectivity index (χ1v) is 6.96. The van der Waals surface area contributed by atoms with Crippen LogP contribution in [0.1, 0.15) is 25.8 Å². The Morgan fingerprint density at radius 1 is 1.58 bits per heavy atom. The molecule has 2 unspecified atom stereocenters. The average Bonchev–Trinajstić information content (AvgIpc) is 2.35. The van der Waals surface area contributed by atoms with Crippen molar-refractivity contribution in [1.82, 2.24) is 5.32 Å². The molecule has 5 nitrogen and oxygen atoms in total. The molecule has 1 fully saturated rings. The summed E-state index contributed by atoms with van der Waals surface area (Å²) in [4.78, 5) is 10.6. The summed E-state index contributed by atoms with van der Waals surface area (Å²) in [5, 5.41) is 24.0. The summed E-state index contributed by atoms with van der Waals surface area (Å²) in [6, 6.07) is 5.24. The summed E-state index contributed by atoms with van der Waals surface area (Å²) in [5.74, 6) is 0. The van der Waals surface area contributed by atoms with Crippen molar-refractivity contribution in [2.75, 3.05) is 0 Å². The fourth-order valence-corrected chi connectivity index (χ4v) is 2.69. The molecular formula is C13H17BrN2O3. The molecule has 1 aliphatic rings. The second kappa shape index (κ2) is 5.19. The van der Waals surface area contributed by atoms with Crippen LogP contribution in [0.25, 0.3) is 0 Å². The number of nitro groups is 1. The topological polar surface area (TPSA) is 75.4 Å². The summed E-state index contributed by atoms with van der Waals surface area (Å²) >= 11 is 3.24. The second-order valence-electron chi connectivity index (χ2n) is 5.54. The van der Waals surface area contributed by atoms with Crippen molar-refractivity contribution >= 4 is 21.6 Å². The quantitative estimate of drug-likeness (QED) is 0.658. The lowest BCUT2D eigenvalue weighted by Crippen LogP contribution is -2.59. The molecular weight excluding hydrogens is 312 g/mol. The summed E-state index contributed by atoms with van der Waals surface area (Å²) in [7, 11) is 0. The summed E-state index contributed by atoms with van der Waals surface area (Å²) in [6.07, 6.45) is 0.391. The molecule has 0 heterocycles. The highest BCUT2D eigenvalue weighted by atomic mass is 79.9. The van der Waals surface area contributed by atoms with Gasteiger partial charge in [0, 0.05) is 34.1 Å². The van der Waals surface area contributed by atoms with E-state index in [2.05, 4.69) is 21.2 Å². The van der Waals surface area contributed by atoms with Gasteiger partial charge in [-0.3, -0.25) is 10.1 Å². The van der Waals surface area contributed by atoms with Crippen LogP contribution in [0.15, 0.2) is 22.7 Å². The molecule has 2 atom stereocenters. The molecule has 19 heavy (non-hydrogen) atoms. The highest BCUT2D eigenvalue weighted by Gasteiger charge is 2.46. The molecule has 104 valence electrons. The van der Waals surface area contributed by atoms with Crippen molar-refractivity contribution in [3.8, 4) is 0 Å². The molecule has 2 N–H and O–H groups in total. The Morgan fingerprint density at radius 2 is 2.26 bits per heavy atom. The van der Waals surface area contributed by atoms with E-state index in [0.717, 1.165) is 0 Å². The average molecular weight is 329 g/mol. The monoisotopic (exact) mass is 328 g/mol. The first kappa shape index (κ1) is 14.4. The number of nitrogens with one attached hydrogen (secondary N) is 1. The van der Waals surface area contributed by atoms with Gasteiger partial charge in [0.25, 0.3) is 5.69 Å². The van der Waals surface area contributed by atoms with Crippen LogP contribution in [0.5, 0.6) is 0 Å². The lowest BCUT2D eigenvalue weighted by Gasteiger charge is -2.49. The van der Waals surface area contributed by atoms with Gasteiger partial charge in [-0.1, -0.05) is 29.8 Å². The van der Waals surface area contributed by atoms with Gasteiger partial charge in [0.2, 0.25) is 0 Å². The van der Waals surface area contributed by atoms with E-state index >= 15 is 0 Å². The minimum atomic E-state index is -0.372. The minimum absolute atomic E-state index is 0.111. The Morgan fingerprint density at radius 3 is 2.79 bits per heavy atom. The Bertz CT molecular complexity index is 505. The number of hydrogen-bond donors (Lipinski definition) is 2. The van der Waals surface area contributed by atoms with E-state index in [-0.39, 0.29) is 28.2 Å². The molecule has 0 aliphatic heterocycles. The van der Waals surface area contributed by atoms with Crippen molar-refractivity contribution in [2.45, 2.75) is 39.0 Å². The van der Waals surface area contributed by atoms with E-state index in [4.69, 9.17) is 0 Å². The van der Waals surface area contributed by atoms with Crippen LogP contribution in [0.2, 0.25) is 0 Å². The van der Waals surface area contributed by atoms with Gasteiger partial charge in [0.15, 0.2) is 0 Å². The van der Waals surface area contributed by atoms with Gasteiger partial charge in [-0.05, 0) is 18.6 Å². The van der Waals surface area contributed by atoms with Crippen molar-refractivity contribution in [2.24, 2.45) is 5.41 Å². The van der Waals surface area contributed by atoms with Gasteiger partial charge in [0.05, 0.1) is 11.0 Å². The van der Waals surface area contributed by atoms with Crippen LogP contribution in [0.3, 0.4) is 0 Å². The predicted octanol–water partition coefficient (Wildman–Crippen LogP) is 2.61. The van der Waals surface area contributed by atoms with Crippen molar-refractivity contribution in [3.05, 3.63) is 38.3 Å². The number of aliphatic hydroxyl groups is 1. The SMILES string of the molecule is CC1(C)C(O)CC1NCc1ccc(Br)cc1[N+](=O)[O-]. The van der Waals surface area contributed by atoms with Gasteiger partial charge < -0.3 is 10.4 Å². The van der Waals surface area contributed by atoms with Crippen LogP contribution < -0.4 is 5.32 Å². The first-order chi connectivity index (χ1) is 8.82. The third-order valence-electron chi connectivity index (χ3n) is 4.00. The summed E-state index contributed by atoms with van der Waals surface area (Å²) < 4.78 is 0.697. The van der Waals surface area contributed by atoms with Crippen LogP contribution in [0, 0.1) is 15.5 Å². The molecule has 0 bridgehead atoms. The van der Waals surface area contributed by atoms with Gasteiger partial charge in [-0.2, -0.15) is 0 Å². The lowest BCUT2D eigenvalue weighted by molar-refractivity contribution is -0.385. The third-order valence-corrected chi connectivity index (χ3v) is 4.49. The molecule has 1 aromatic carbocycles. The standard InChI is InChI=1S/C13H17BrN2O3/c1-13(2)11(6-12(13)17)15-7-8-3-4-9(14)5-10(8)16(18)19/h3-5,11-12,15,17H,6-7H2,1-2H3. The smallest absolute Gasteiger partial charge is 0.275 e. The molecule has 0 amide bonds. The van der Waals surface area contributed by atoms with Crippen LogP contribution in [0.4, 0.5) is 5.69 Å². The first-order valence-electron chi connectivity index (χ1n) is 6.16. The zero-order chi connectivity index (χ0) is 14.2. The van der Waals surface area contributed by atoms with Gasteiger partial charge in [0.1, 0.15) is 0 Å². The van der Waals surface area contributed by atoms with E-state index in [1.165, 1.54) is 6.07 Å².